The fraction of sp³-hybridized carbons (Fsp3) is 0.235. The number of nitrogens with zero attached hydrogens (tertiary/aromatic N) is 2. The maximum Gasteiger partial charge on any atom is 0.242 e. The maximum atomic E-state index is 12.4. The van der Waals surface area contributed by atoms with Crippen molar-refractivity contribution in [3.63, 3.8) is 0 Å². The molecule has 0 aliphatic heterocycles. The number of hydrogen-bond acceptors (Lipinski definition) is 4. The summed E-state index contributed by atoms with van der Waals surface area (Å²) >= 11 is 0. The van der Waals surface area contributed by atoms with E-state index < -0.39 is 10.0 Å². The quantitative estimate of drug-likeness (QED) is 0.490. The van der Waals surface area contributed by atoms with E-state index in [4.69, 9.17) is 5.73 Å². The molecule has 0 fully saturated rings. The van der Waals surface area contributed by atoms with E-state index in [1.807, 2.05) is 24.3 Å². The van der Waals surface area contributed by atoms with E-state index in [9.17, 15) is 8.42 Å². The number of hydrogen-bond donors (Lipinski definition) is 2. The fourth-order valence-corrected chi connectivity index (χ4v) is 3.40. The summed E-state index contributed by atoms with van der Waals surface area (Å²) < 4.78 is 26.1. The number of anilines is 1. The summed E-state index contributed by atoms with van der Waals surface area (Å²) in [6.45, 7) is 0.324. The molecule has 0 saturated heterocycles. The van der Waals surface area contributed by atoms with E-state index >= 15 is 0 Å². The lowest BCUT2D eigenvalue weighted by Gasteiger charge is -2.17. The Morgan fingerprint density at radius 2 is 1.75 bits per heavy atom. The van der Waals surface area contributed by atoms with Crippen molar-refractivity contribution in [2.24, 2.45) is 4.99 Å². The summed E-state index contributed by atoms with van der Waals surface area (Å²) in [7, 11) is 1.19. The molecule has 0 saturated carbocycles. The molecule has 0 amide bonds. The highest BCUT2D eigenvalue weighted by atomic mass is 32.2. The van der Waals surface area contributed by atoms with Crippen LogP contribution in [0.2, 0.25) is 0 Å². The van der Waals surface area contributed by atoms with Crippen LogP contribution in [0.15, 0.2) is 58.4 Å². The van der Waals surface area contributed by atoms with Crippen LogP contribution in [0.5, 0.6) is 0 Å². The van der Waals surface area contributed by atoms with Crippen molar-refractivity contribution in [3.05, 3.63) is 59.7 Å². The van der Waals surface area contributed by atoms with Crippen molar-refractivity contribution in [1.82, 2.24) is 9.62 Å². The number of aliphatic imine (C=N–C) groups is 1. The lowest BCUT2D eigenvalue weighted by Crippen LogP contribution is -2.28. The molecule has 2 aromatic rings. The van der Waals surface area contributed by atoms with E-state index in [2.05, 4.69) is 10.3 Å². The van der Waals surface area contributed by atoms with Crippen molar-refractivity contribution >= 4 is 21.5 Å². The SMILES string of the molecule is CN=C(NCc1ccccc1S(=O)(=O)N(C)C)c1ccccc1N. The molecule has 0 bridgehead atoms. The Labute approximate surface area is 143 Å². The highest BCUT2D eigenvalue weighted by Gasteiger charge is 2.20. The number of nitrogen functional groups attached to an aromatic ring is 1. The third kappa shape index (κ3) is 3.74. The Morgan fingerprint density at radius 3 is 2.38 bits per heavy atom. The predicted molar refractivity (Wildman–Crippen MR) is 97.5 cm³/mol. The monoisotopic (exact) mass is 346 g/mol. The number of amidine groups is 1. The minimum absolute atomic E-state index is 0.277. The highest BCUT2D eigenvalue weighted by Crippen LogP contribution is 2.19. The summed E-state index contributed by atoms with van der Waals surface area (Å²) in [5, 5.41) is 3.18. The molecule has 3 N–H and O–H groups in total. The number of rotatable bonds is 5. The van der Waals surface area contributed by atoms with Crippen molar-refractivity contribution in [2.45, 2.75) is 11.4 Å². The van der Waals surface area contributed by atoms with Gasteiger partial charge >= 0.3 is 0 Å². The van der Waals surface area contributed by atoms with Gasteiger partial charge in [-0.3, -0.25) is 4.99 Å². The average molecular weight is 346 g/mol. The molecule has 0 aliphatic rings. The first kappa shape index (κ1) is 18.0. The zero-order valence-electron chi connectivity index (χ0n) is 14.0. The van der Waals surface area contributed by atoms with Crippen molar-refractivity contribution in [1.29, 1.82) is 0 Å². The highest BCUT2D eigenvalue weighted by molar-refractivity contribution is 7.89. The molecular formula is C17H22N4O2S. The van der Waals surface area contributed by atoms with Crippen LogP contribution in [0.3, 0.4) is 0 Å². The summed E-state index contributed by atoms with van der Waals surface area (Å²) in [6.07, 6.45) is 0. The molecule has 0 aliphatic carbocycles. The van der Waals surface area contributed by atoms with Gasteiger partial charge in [0.15, 0.2) is 0 Å². The van der Waals surface area contributed by atoms with Crippen LogP contribution >= 0.6 is 0 Å². The summed E-state index contributed by atoms with van der Waals surface area (Å²) in [5.41, 5.74) is 8.05. The summed E-state index contributed by atoms with van der Waals surface area (Å²) in [5.74, 6) is 0.616. The minimum atomic E-state index is -3.51. The van der Waals surface area contributed by atoms with Gasteiger partial charge < -0.3 is 11.1 Å². The molecule has 2 aromatic carbocycles. The first-order valence-electron chi connectivity index (χ1n) is 7.44. The molecule has 0 heterocycles. The van der Waals surface area contributed by atoms with Crippen LogP contribution in [0.25, 0.3) is 0 Å². The third-order valence-corrected chi connectivity index (χ3v) is 5.53. The van der Waals surface area contributed by atoms with Gasteiger partial charge in [0.05, 0.1) is 4.90 Å². The average Bonchev–Trinajstić information content (AvgIpc) is 2.57. The first-order valence-corrected chi connectivity index (χ1v) is 8.88. The zero-order valence-corrected chi connectivity index (χ0v) is 14.8. The number of benzene rings is 2. The predicted octanol–water partition coefficient (Wildman–Crippen LogP) is 1.69. The zero-order chi connectivity index (χ0) is 17.7. The molecule has 128 valence electrons. The second-order valence-electron chi connectivity index (χ2n) is 5.41. The van der Waals surface area contributed by atoms with Crippen molar-refractivity contribution in [3.8, 4) is 0 Å². The van der Waals surface area contributed by atoms with Gasteiger partial charge in [-0.15, -0.1) is 0 Å². The Kier molecular flexibility index (Phi) is 5.58. The smallest absolute Gasteiger partial charge is 0.242 e. The second-order valence-corrected chi connectivity index (χ2v) is 7.53. The van der Waals surface area contributed by atoms with Crippen molar-refractivity contribution < 1.29 is 8.42 Å². The lowest BCUT2D eigenvalue weighted by atomic mass is 10.1. The van der Waals surface area contributed by atoms with Gasteiger partial charge in [0.25, 0.3) is 0 Å². The molecule has 0 unspecified atom stereocenters. The van der Waals surface area contributed by atoms with Gasteiger partial charge in [-0.2, -0.15) is 0 Å². The van der Waals surface area contributed by atoms with Crippen molar-refractivity contribution in [2.75, 3.05) is 26.9 Å². The molecule has 0 atom stereocenters. The first-order chi connectivity index (χ1) is 11.4. The number of nitrogens with two attached hydrogens (primary N) is 1. The Hall–Kier alpha value is -2.38. The van der Waals surface area contributed by atoms with Gasteiger partial charge in [0.2, 0.25) is 10.0 Å². The molecule has 6 nitrogen and oxygen atoms in total. The topological polar surface area (TPSA) is 87.8 Å². The van der Waals surface area contributed by atoms with Gasteiger partial charge in [-0.25, -0.2) is 12.7 Å². The maximum absolute atomic E-state index is 12.4. The van der Waals surface area contributed by atoms with Gasteiger partial charge in [-0.1, -0.05) is 30.3 Å². The lowest BCUT2D eigenvalue weighted by molar-refractivity contribution is 0.519. The van der Waals surface area contributed by atoms with Crippen LogP contribution in [-0.2, 0) is 16.6 Å². The Morgan fingerprint density at radius 1 is 1.12 bits per heavy atom. The molecule has 2 rings (SSSR count). The van der Waals surface area contributed by atoms with Crippen LogP contribution in [0.1, 0.15) is 11.1 Å². The van der Waals surface area contributed by atoms with Gasteiger partial charge in [0.1, 0.15) is 5.84 Å². The second kappa shape index (κ2) is 7.46. The molecule has 7 heteroatoms. The van der Waals surface area contributed by atoms with Crippen LogP contribution in [0, 0.1) is 0 Å². The standard InChI is InChI=1S/C17H22N4O2S/c1-19-17(14-9-5-6-10-15(14)18)20-12-13-8-4-7-11-16(13)24(22,23)21(2)3/h4-11H,12,18H2,1-3H3,(H,19,20). The number of sulfonamides is 1. The summed E-state index contributed by atoms with van der Waals surface area (Å²) in [6, 6.07) is 14.3. The van der Waals surface area contributed by atoms with Gasteiger partial charge in [0, 0.05) is 38.9 Å². The molecule has 24 heavy (non-hydrogen) atoms. The van der Waals surface area contributed by atoms with E-state index in [1.54, 1.807) is 31.3 Å². The molecule has 0 aromatic heterocycles. The van der Waals surface area contributed by atoms with Crippen LogP contribution in [-0.4, -0.2) is 39.7 Å². The number of para-hydroxylation sites is 1. The third-order valence-electron chi connectivity index (χ3n) is 3.62. The largest absolute Gasteiger partial charge is 0.398 e. The molecule has 0 radical (unpaired) electrons. The van der Waals surface area contributed by atoms with E-state index in [-0.39, 0.29) is 4.90 Å². The molecule has 0 spiro atoms. The van der Waals surface area contributed by atoms with Crippen LogP contribution < -0.4 is 11.1 Å². The summed E-state index contributed by atoms with van der Waals surface area (Å²) in [4.78, 5) is 4.50. The van der Waals surface area contributed by atoms with Gasteiger partial charge in [-0.05, 0) is 23.8 Å². The van der Waals surface area contributed by atoms with Crippen LogP contribution in [0.4, 0.5) is 5.69 Å². The fourth-order valence-electron chi connectivity index (χ4n) is 2.28. The Bertz CT molecular complexity index is 845. The van der Waals surface area contributed by atoms with E-state index in [1.165, 1.54) is 18.4 Å². The normalized spacial score (nSPS) is 12.4. The number of nitrogens with one attached hydrogen (secondary N) is 1. The minimum Gasteiger partial charge on any atom is -0.398 e. The van der Waals surface area contributed by atoms with E-state index in [0.717, 1.165) is 5.56 Å². The molecular weight excluding hydrogens is 324 g/mol. The van der Waals surface area contributed by atoms with E-state index in [0.29, 0.717) is 23.6 Å². The Balaban J connectivity index is 2.29.